The number of methoxy groups -OCH3 is 1. The number of piperidine rings is 1. The summed E-state index contributed by atoms with van der Waals surface area (Å²) in [4.78, 5) is 21.3. The largest absolute Gasteiger partial charge is 0.497 e. The molecule has 1 fully saturated rings. The molecule has 6 rings (SSSR count). The molecule has 7 nitrogen and oxygen atoms in total. The molecule has 2 aliphatic heterocycles. The third-order valence-corrected chi connectivity index (χ3v) is 9.18. The maximum absolute atomic E-state index is 13.4. The van der Waals surface area contributed by atoms with Crippen molar-refractivity contribution in [2.45, 2.75) is 38.0 Å². The van der Waals surface area contributed by atoms with E-state index in [1.54, 1.807) is 37.3 Å². The summed E-state index contributed by atoms with van der Waals surface area (Å²) in [6, 6.07) is 19.4. The topological polar surface area (TPSA) is 80.8 Å². The molecule has 0 aliphatic carbocycles. The van der Waals surface area contributed by atoms with Gasteiger partial charge in [0.1, 0.15) is 5.75 Å². The Morgan fingerprint density at radius 2 is 1.80 bits per heavy atom. The molecule has 0 radical (unpaired) electrons. The van der Waals surface area contributed by atoms with E-state index in [4.69, 9.17) is 27.9 Å². The summed E-state index contributed by atoms with van der Waals surface area (Å²) in [5.41, 5.74) is 6.51. The fourth-order valence-corrected chi connectivity index (χ4v) is 7.09. The average molecular weight is 594 g/mol. The number of amides is 2. The van der Waals surface area contributed by atoms with Gasteiger partial charge in [0.25, 0.3) is 0 Å². The number of hydrogen-bond acceptors (Lipinski definition) is 4. The Morgan fingerprint density at radius 1 is 1.10 bits per heavy atom. The molecule has 0 saturated carbocycles. The predicted octanol–water partition coefficient (Wildman–Crippen LogP) is 6.98. The first-order chi connectivity index (χ1) is 19.7. The lowest BCUT2D eigenvalue weighted by Gasteiger charge is -2.49. The van der Waals surface area contributed by atoms with Gasteiger partial charge in [0.2, 0.25) is 0 Å². The summed E-state index contributed by atoms with van der Waals surface area (Å²) in [6.45, 7) is 3.43. The number of aromatic amines is 1. The van der Waals surface area contributed by atoms with Crippen LogP contribution in [0.1, 0.15) is 30.6 Å². The highest BCUT2D eigenvalue weighted by Crippen LogP contribution is 2.43. The van der Waals surface area contributed by atoms with E-state index in [1.807, 2.05) is 19.1 Å². The van der Waals surface area contributed by atoms with Crippen LogP contribution in [0.25, 0.3) is 22.0 Å². The lowest BCUT2D eigenvalue weighted by molar-refractivity contribution is -0.0177. The van der Waals surface area contributed by atoms with Crippen molar-refractivity contribution in [1.29, 1.82) is 0 Å². The van der Waals surface area contributed by atoms with E-state index >= 15 is 0 Å². The molecule has 3 N–H and O–H groups in total. The number of anilines is 1. The Kier molecular flexibility index (Phi) is 7.64. The number of H-pyrrole nitrogens is 1. The zero-order valence-electron chi connectivity index (χ0n) is 23.3. The summed E-state index contributed by atoms with van der Waals surface area (Å²) in [5.74, 6) is 0.754. The van der Waals surface area contributed by atoms with Gasteiger partial charge in [-0.15, -0.1) is 0 Å². The third kappa shape index (κ3) is 5.40. The fraction of sp³-hybridized carbons (Fsp3) is 0.344. The summed E-state index contributed by atoms with van der Waals surface area (Å²) >= 11 is 12.3. The summed E-state index contributed by atoms with van der Waals surface area (Å²) in [7, 11) is 3.47. The standard InChI is InChI=1S/C32H34Cl2N4O3/c1-18(39)27-17-38-11-10-25-26-12-20(19-4-7-24(41-3)8-5-19)6-9-28(26)36-31(25)30(38)16-29(27)37(2)32(40)35-23-14-21(33)13-22(34)15-23/h4-9,12-15,18,27,29-30,36,39H,10-11,16-17H2,1-3H3,(H,35,40)/t18-,27-,29-,30-/m0/s1. The van der Waals surface area contributed by atoms with Crippen LogP contribution in [0.2, 0.25) is 10.0 Å². The van der Waals surface area contributed by atoms with Gasteiger partial charge in [-0.2, -0.15) is 0 Å². The Bertz CT molecular complexity index is 1570. The molecule has 0 spiro atoms. The smallest absolute Gasteiger partial charge is 0.321 e. The van der Waals surface area contributed by atoms with E-state index in [9.17, 15) is 9.90 Å². The molecular weight excluding hydrogens is 559 g/mol. The number of aliphatic hydroxyl groups excluding tert-OH is 1. The number of aromatic nitrogens is 1. The summed E-state index contributed by atoms with van der Waals surface area (Å²) in [5, 5.41) is 15.9. The number of carbonyl (C=O) groups is 1. The van der Waals surface area contributed by atoms with Crippen molar-refractivity contribution in [3.05, 3.63) is 82.0 Å². The van der Waals surface area contributed by atoms with Crippen LogP contribution in [0.3, 0.4) is 0 Å². The minimum absolute atomic E-state index is 0.0856. The number of urea groups is 1. The zero-order valence-corrected chi connectivity index (χ0v) is 24.8. The number of nitrogens with zero attached hydrogens (tertiary/aromatic N) is 2. The molecule has 3 heterocycles. The first-order valence-electron chi connectivity index (χ1n) is 13.9. The number of rotatable bonds is 5. The Morgan fingerprint density at radius 3 is 2.49 bits per heavy atom. The molecule has 4 aromatic rings. The predicted molar refractivity (Wildman–Crippen MR) is 165 cm³/mol. The van der Waals surface area contributed by atoms with Crippen LogP contribution in [0.5, 0.6) is 5.75 Å². The van der Waals surface area contributed by atoms with E-state index < -0.39 is 6.10 Å². The molecule has 1 aromatic heterocycles. The van der Waals surface area contributed by atoms with Gasteiger partial charge in [0.15, 0.2) is 0 Å². The van der Waals surface area contributed by atoms with Gasteiger partial charge in [-0.05, 0) is 78.9 Å². The zero-order chi connectivity index (χ0) is 28.8. The van der Waals surface area contributed by atoms with Crippen molar-refractivity contribution >= 4 is 45.8 Å². The van der Waals surface area contributed by atoms with Crippen LogP contribution < -0.4 is 10.1 Å². The number of ether oxygens (including phenoxy) is 1. The highest BCUT2D eigenvalue weighted by atomic mass is 35.5. The van der Waals surface area contributed by atoms with Gasteiger partial charge in [-0.3, -0.25) is 4.90 Å². The van der Waals surface area contributed by atoms with Crippen LogP contribution in [-0.2, 0) is 6.42 Å². The van der Waals surface area contributed by atoms with Crippen molar-refractivity contribution in [2.75, 3.05) is 32.6 Å². The van der Waals surface area contributed by atoms with Crippen LogP contribution in [0.15, 0.2) is 60.7 Å². The maximum atomic E-state index is 13.4. The minimum Gasteiger partial charge on any atom is -0.497 e. The van der Waals surface area contributed by atoms with Gasteiger partial charge in [-0.1, -0.05) is 41.4 Å². The number of hydrogen-bond donors (Lipinski definition) is 3. The second kappa shape index (κ2) is 11.2. The molecule has 214 valence electrons. The summed E-state index contributed by atoms with van der Waals surface area (Å²) in [6.07, 6.45) is 1.08. The SMILES string of the molecule is COc1ccc(-c2ccc3[nH]c4c(c3c2)CCN2C[C@@H]([C@H](C)O)[C@@H](N(C)C(=O)Nc3cc(Cl)cc(Cl)c3)C[C@@H]42)cc1. The van der Waals surface area contributed by atoms with Crippen molar-refractivity contribution in [3.63, 3.8) is 0 Å². The number of halogens is 2. The van der Waals surface area contributed by atoms with E-state index in [0.717, 1.165) is 35.4 Å². The third-order valence-electron chi connectivity index (χ3n) is 8.74. The van der Waals surface area contributed by atoms with E-state index in [1.165, 1.54) is 16.6 Å². The Labute approximate surface area is 250 Å². The molecule has 0 unspecified atom stereocenters. The minimum atomic E-state index is -0.562. The molecule has 1 saturated heterocycles. The molecule has 41 heavy (non-hydrogen) atoms. The highest BCUT2D eigenvalue weighted by Gasteiger charge is 2.44. The van der Waals surface area contributed by atoms with Gasteiger partial charge >= 0.3 is 6.03 Å². The normalized spacial score (nSPS) is 21.2. The molecule has 4 atom stereocenters. The average Bonchev–Trinajstić information content (AvgIpc) is 3.34. The van der Waals surface area contributed by atoms with E-state index in [0.29, 0.717) is 28.7 Å². The molecule has 2 aliphatic rings. The van der Waals surface area contributed by atoms with Crippen molar-refractivity contribution in [3.8, 4) is 16.9 Å². The first-order valence-corrected chi connectivity index (χ1v) is 14.7. The number of nitrogens with one attached hydrogen (secondary N) is 2. The lowest BCUT2D eigenvalue weighted by Crippen LogP contribution is -2.57. The molecular formula is C32H34Cl2N4O3. The van der Waals surface area contributed by atoms with Crippen LogP contribution in [-0.4, -0.2) is 65.3 Å². The van der Waals surface area contributed by atoms with Crippen molar-refractivity contribution in [1.82, 2.24) is 14.8 Å². The van der Waals surface area contributed by atoms with Gasteiger partial charge in [0.05, 0.1) is 19.3 Å². The van der Waals surface area contributed by atoms with E-state index in [-0.39, 0.29) is 24.0 Å². The van der Waals surface area contributed by atoms with Gasteiger partial charge < -0.3 is 25.0 Å². The Balaban J connectivity index is 1.29. The lowest BCUT2D eigenvalue weighted by atomic mass is 9.80. The molecule has 0 bridgehead atoms. The molecule has 9 heteroatoms. The number of aliphatic hydroxyl groups is 1. The monoisotopic (exact) mass is 592 g/mol. The van der Waals surface area contributed by atoms with Crippen molar-refractivity contribution < 1.29 is 14.6 Å². The summed E-state index contributed by atoms with van der Waals surface area (Å²) < 4.78 is 5.32. The van der Waals surface area contributed by atoms with Gasteiger partial charge in [-0.25, -0.2) is 4.79 Å². The highest BCUT2D eigenvalue weighted by molar-refractivity contribution is 6.35. The maximum Gasteiger partial charge on any atom is 0.321 e. The molecule has 2 amide bonds. The number of carbonyl (C=O) groups excluding carboxylic acids is 1. The second-order valence-electron chi connectivity index (χ2n) is 11.2. The Hall–Kier alpha value is -3.23. The fourth-order valence-electron chi connectivity index (χ4n) is 6.57. The first kappa shape index (κ1) is 27.9. The van der Waals surface area contributed by atoms with Crippen molar-refractivity contribution in [2.24, 2.45) is 5.92 Å². The quantitative estimate of drug-likeness (QED) is 0.233. The van der Waals surface area contributed by atoms with Crippen LogP contribution in [0, 0.1) is 5.92 Å². The van der Waals surface area contributed by atoms with Crippen LogP contribution in [0.4, 0.5) is 10.5 Å². The molecule has 3 aromatic carbocycles. The number of benzene rings is 3. The van der Waals surface area contributed by atoms with E-state index in [2.05, 4.69) is 45.5 Å². The van der Waals surface area contributed by atoms with Crippen LogP contribution >= 0.6 is 23.2 Å². The van der Waals surface area contributed by atoms with Gasteiger partial charge in [0, 0.05) is 64.4 Å². The number of fused-ring (bicyclic) bond motifs is 5. The second-order valence-corrected chi connectivity index (χ2v) is 12.0.